The van der Waals surface area contributed by atoms with Gasteiger partial charge in [0.25, 0.3) is 11.7 Å². The molecule has 0 bridgehead atoms. The third-order valence-corrected chi connectivity index (χ3v) is 3.80. The Kier molecular flexibility index (Phi) is 7.58. The van der Waals surface area contributed by atoms with Gasteiger partial charge in [0.05, 0.1) is 5.56 Å². The highest BCUT2D eigenvalue weighted by Crippen LogP contribution is 2.26. The van der Waals surface area contributed by atoms with E-state index in [1.54, 1.807) is 18.2 Å². The highest BCUT2D eigenvalue weighted by molar-refractivity contribution is 7.99. The van der Waals surface area contributed by atoms with Gasteiger partial charge in [0.2, 0.25) is 0 Å². The molecule has 9 heteroatoms. The number of para-hydroxylation sites is 1. The number of hydrogen-bond acceptors (Lipinski definition) is 6. The molecule has 0 saturated heterocycles. The zero-order chi connectivity index (χ0) is 19.6. The molecule has 1 N–H and O–H groups in total. The smallest absolute Gasteiger partial charge is 0.344 e. The molecule has 0 aliphatic heterocycles. The van der Waals surface area contributed by atoms with Crippen molar-refractivity contribution in [2.45, 2.75) is 10.7 Å². The van der Waals surface area contributed by atoms with Crippen LogP contribution in [0, 0.1) is 11.3 Å². The van der Waals surface area contributed by atoms with Crippen LogP contribution in [0.3, 0.4) is 0 Å². The summed E-state index contributed by atoms with van der Waals surface area (Å²) in [6.07, 6.45) is 0. The molecule has 0 atom stereocenters. The summed E-state index contributed by atoms with van der Waals surface area (Å²) in [5.74, 6) is -3.65. The Labute approximate surface area is 158 Å². The quantitative estimate of drug-likeness (QED) is 0.547. The second-order valence-corrected chi connectivity index (χ2v) is 6.07. The number of alkyl halides is 2. The van der Waals surface area contributed by atoms with E-state index in [9.17, 15) is 18.4 Å². The zero-order valence-electron chi connectivity index (χ0n) is 13.9. The monoisotopic (exact) mass is 392 g/mol. The lowest BCUT2D eigenvalue weighted by atomic mass is 10.2. The fourth-order valence-corrected chi connectivity index (χ4v) is 2.42. The van der Waals surface area contributed by atoms with Crippen LogP contribution in [-0.2, 0) is 14.3 Å². The predicted octanol–water partition coefficient (Wildman–Crippen LogP) is 3.43. The molecule has 0 aliphatic carbocycles. The fourth-order valence-electron chi connectivity index (χ4n) is 1.93. The third kappa shape index (κ3) is 6.95. The van der Waals surface area contributed by atoms with Crippen molar-refractivity contribution in [1.29, 1.82) is 5.26 Å². The molecule has 2 rings (SSSR count). The summed E-state index contributed by atoms with van der Waals surface area (Å²) < 4.78 is 34.5. The lowest BCUT2D eigenvalue weighted by Crippen LogP contribution is -2.23. The van der Waals surface area contributed by atoms with Gasteiger partial charge in [0.15, 0.2) is 13.2 Å². The van der Waals surface area contributed by atoms with Gasteiger partial charge in [-0.05, 0) is 36.4 Å². The highest BCUT2D eigenvalue weighted by atomic mass is 32.2. The Morgan fingerprint density at radius 3 is 2.48 bits per heavy atom. The number of amides is 1. The molecular weight excluding hydrogens is 378 g/mol. The number of nitrogens with zero attached hydrogens (tertiary/aromatic N) is 1. The minimum atomic E-state index is -2.52. The largest absolute Gasteiger partial charge is 0.481 e. The molecule has 0 saturated carbocycles. The third-order valence-electron chi connectivity index (χ3n) is 3.08. The van der Waals surface area contributed by atoms with Crippen molar-refractivity contribution in [3.05, 3.63) is 54.1 Å². The summed E-state index contributed by atoms with van der Waals surface area (Å²) in [4.78, 5) is 23.8. The van der Waals surface area contributed by atoms with Gasteiger partial charge in [0, 0.05) is 10.6 Å². The second kappa shape index (κ2) is 10.1. The second-order valence-electron chi connectivity index (χ2n) is 5.01. The van der Waals surface area contributed by atoms with Crippen molar-refractivity contribution in [3.8, 4) is 11.8 Å². The van der Waals surface area contributed by atoms with Crippen LogP contribution in [0.25, 0.3) is 0 Å². The molecule has 140 valence electrons. The Hall–Kier alpha value is -3.12. The van der Waals surface area contributed by atoms with E-state index in [0.717, 1.165) is 0 Å². The Morgan fingerprint density at radius 1 is 1.11 bits per heavy atom. The SMILES string of the molecule is N#Cc1ccccc1OCC(=O)OCC(=O)Nc1ccc(SC(F)F)cc1. The minimum absolute atomic E-state index is 0.239. The summed E-state index contributed by atoms with van der Waals surface area (Å²) in [7, 11) is 0. The number of ether oxygens (including phenoxy) is 2. The Morgan fingerprint density at radius 2 is 1.81 bits per heavy atom. The standard InChI is InChI=1S/C18H14F2N2O4S/c19-18(20)27-14-7-5-13(6-8-14)22-16(23)10-26-17(24)11-25-15-4-2-1-3-12(15)9-21/h1-8,18H,10-11H2,(H,22,23). The predicted molar refractivity (Wildman–Crippen MR) is 94.5 cm³/mol. The molecule has 27 heavy (non-hydrogen) atoms. The van der Waals surface area contributed by atoms with Gasteiger partial charge in [-0.1, -0.05) is 23.9 Å². The number of nitriles is 1. The number of hydrogen-bond donors (Lipinski definition) is 1. The summed E-state index contributed by atoms with van der Waals surface area (Å²) in [5, 5.41) is 11.4. The average Bonchev–Trinajstić information content (AvgIpc) is 2.66. The van der Waals surface area contributed by atoms with Crippen molar-refractivity contribution < 1.29 is 27.8 Å². The van der Waals surface area contributed by atoms with Crippen LogP contribution >= 0.6 is 11.8 Å². The van der Waals surface area contributed by atoms with Crippen molar-refractivity contribution in [2.75, 3.05) is 18.5 Å². The molecular formula is C18H14F2N2O4S. The van der Waals surface area contributed by atoms with E-state index < -0.39 is 30.8 Å². The molecule has 2 aromatic rings. The summed E-state index contributed by atoms with van der Waals surface area (Å²) in [6, 6.07) is 14.1. The van der Waals surface area contributed by atoms with Gasteiger partial charge in [-0.2, -0.15) is 14.0 Å². The molecule has 0 fully saturated rings. The molecule has 0 aliphatic rings. The van der Waals surface area contributed by atoms with E-state index in [4.69, 9.17) is 14.7 Å². The van der Waals surface area contributed by atoms with Crippen LogP contribution in [0.4, 0.5) is 14.5 Å². The van der Waals surface area contributed by atoms with E-state index in [1.165, 1.54) is 30.3 Å². The number of esters is 1. The molecule has 0 radical (unpaired) electrons. The van der Waals surface area contributed by atoms with Crippen molar-refractivity contribution in [3.63, 3.8) is 0 Å². The first-order valence-electron chi connectivity index (χ1n) is 7.60. The number of halogens is 2. The molecule has 0 spiro atoms. The van der Waals surface area contributed by atoms with Gasteiger partial charge < -0.3 is 14.8 Å². The first-order valence-corrected chi connectivity index (χ1v) is 8.48. The van der Waals surface area contributed by atoms with E-state index >= 15 is 0 Å². The van der Waals surface area contributed by atoms with Crippen LogP contribution in [0.1, 0.15) is 5.56 Å². The summed E-state index contributed by atoms with van der Waals surface area (Å²) >= 11 is 0.397. The first-order chi connectivity index (χ1) is 13.0. The number of rotatable bonds is 8. The van der Waals surface area contributed by atoms with Crippen molar-refractivity contribution in [2.24, 2.45) is 0 Å². The topological polar surface area (TPSA) is 88.4 Å². The summed E-state index contributed by atoms with van der Waals surface area (Å²) in [6.45, 7) is -0.985. The zero-order valence-corrected chi connectivity index (χ0v) is 14.7. The lowest BCUT2D eigenvalue weighted by molar-refractivity contribution is -0.149. The number of nitrogens with one attached hydrogen (secondary N) is 1. The maximum Gasteiger partial charge on any atom is 0.344 e. The van der Waals surface area contributed by atoms with Crippen LogP contribution in [0.2, 0.25) is 0 Å². The number of benzene rings is 2. The number of anilines is 1. The molecule has 1 amide bonds. The van der Waals surface area contributed by atoms with E-state index in [0.29, 0.717) is 22.3 Å². The van der Waals surface area contributed by atoms with Gasteiger partial charge >= 0.3 is 5.97 Å². The normalized spacial score (nSPS) is 10.1. The van der Waals surface area contributed by atoms with Gasteiger partial charge in [-0.3, -0.25) is 4.79 Å². The number of carbonyl (C=O) groups is 2. The van der Waals surface area contributed by atoms with Crippen LogP contribution < -0.4 is 10.1 Å². The maximum absolute atomic E-state index is 12.2. The Bertz CT molecular complexity index is 838. The maximum atomic E-state index is 12.2. The highest BCUT2D eigenvalue weighted by Gasteiger charge is 2.11. The van der Waals surface area contributed by atoms with E-state index in [2.05, 4.69) is 5.32 Å². The number of carbonyl (C=O) groups excluding carboxylic acids is 2. The van der Waals surface area contributed by atoms with Crippen LogP contribution in [0.15, 0.2) is 53.4 Å². The molecule has 6 nitrogen and oxygen atoms in total. The van der Waals surface area contributed by atoms with Crippen molar-refractivity contribution in [1.82, 2.24) is 0 Å². The summed E-state index contributed by atoms with van der Waals surface area (Å²) in [5.41, 5.74) is 0.658. The van der Waals surface area contributed by atoms with Gasteiger partial charge in [-0.15, -0.1) is 0 Å². The molecule has 0 unspecified atom stereocenters. The average molecular weight is 392 g/mol. The molecule has 0 heterocycles. The van der Waals surface area contributed by atoms with Gasteiger partial charge in [-0.25, -0.2) is 4.79 Å². The minimum Gasteiger partial charge on any atom is -0.481 e. The lowest BCUT2D eigenvalue weighted by Gasteiger charge is -2.09. The fraction of sp³-hybridized carbons (Fsp3) is 0.167. The first kappa shape index (κ1) is 20.2. The van der Waals surface area contributed by atoms with E-state index in [1.807, 2.05) is 6.07 Å². The van der Waals surface area contributed by atoms with Crippen LogP contribution in [0.5, 0.6) is 5.75 Å². The van der Waals surface area contributed by atoms with Crippen LogP contribution in [-0.4, -0.2) is 30.8 Å². The number of thioether (sulfide) groups is 1. The molecule has 2 aromatic carbocycles. The van der Waals surface area contributed by atoms with Gasteiger partial charge in [0.1, 0.15) is 11.8 Å². The Balaban J connectivity index is 1.75. The van der Waals surface area contributed by atoms with E-state index in [-0.39, 0.29) is 11.3 Å². The molecule has 0 aromatic heterocycles. The van der Waals surface area contributed by atoms with Crippen molar-refractivity contribution >= 4 is 29.3 Å².